The number of aromatic nitrogens is 1. The molecule has 1 rings (SSSR count). The molecule has 0 radical (unpaired) electrons. The van der Waals surface area contributed by atoms with Crippen molar-refractivity contribution in [3.63, 3.8) is 0 Å². The Bertz CT molecular complexity index is 381. The number of carbonyl (C=O) groups excluding carboxylic acids is 1. The molecule has 1 aromatic rings. The lowest BCUT2D eigenvalue weighted by Crippen LogP contribution is -2.04. The number of aromatic hydroxyl groups is 1. The molecule has 0 aliphatic rings. The summed E-state index contributed by atoms with van der Waals surface area (Å²) in [4.78, 5) is 14.5. The van der Waals surface area contributed by atoms with E-state index in [9.17, 15) is 9.90 Å². The van der Waals surface area contributed by atoms with Crippen LogP contribution in [0.3, 0.4) is 0 Å². The molecule has 0 aromatic carbocycles. The van der Waals surface area contributed by atoms with Crippen molar-refractivity contribution in [1.29, 1.82) is 5.26 Å². The minimum absolute atomic E-state index is 0.00426. The second-order valence-corrected chi connectivity index (χ2v) is 2.16. The van der Waals surface area contributed by atoms with E-state index in [0.29, 0.717) is 0 Å². The second kappa shape index (κ2) is 3.54. The first-order valence-electron chi connectivity index (χ1n) is 3.37. The van der Waals surface area contributed by atoms with Crippen molar-refractivity contribution in [2.24, 2.45) is 0 Å². The van der Waals surface area contributed by atoms with E-state index >= 15 is 0 Å². The summed E-state index contributed by atoms with van der Waals surface area (Å²) in [6.07, 6.45) is 1.25. The van der Waals surface area contributed by atoms with Gasteiger partial charge in [0.2, 0.25) is 0 Å². The molecule has 0 aliphatic heterocycles. The van der Waals surface area contributed by atoms with E-state index in [1.807, 2.05) is 0 Å². The van der Waals surface area contributed by atoms with E-state index in [2.05, 4.69) is 9.72 Å². The van der Waals surface area contributed by atoms with Gasteiger partial charge in [-0.15, -0.1) is 0 Å². The fraction of sp³-hybridized carbons (Fsp3) is 0.125. The number of pyridine rings is 1. The van der Waals surface area contributed by atoms with E-state index in [1.165, 1.54) is 19.4 Å². The normalized spacial score (nSPS) is 8.92. The molecule has 66 valence electrons. The average Bonchev–Trinajstić information content (AvgIpc) is 2.17. The average molecular weight is 178 g/mol. The van der Waals surface area contributed by atoms with Gasteiger partial charge in [0.25, 0.3) is 0 Å². The Labute approximate surface area is 74.2 Å². The monoisotopic (exact) mass is 178 g/mol. The Morgan fingerprint density at radius 3 is 3.00 bits per heavy atom. The van der Waals surface area contributed by atoms with Gasteiger partial charge in [-0.1, -0.05) is 0 Å². The van der Waals surface area contributed by atoms with Crippen LogP contribution < -0.4 is 0 Å². The van der Waals surface area contributed by atoms with Crippen molar-refractivity contribution in [1.82, 2.24) is 4.98 Å². The van der Waals surface area contributed by atoms with Crippen LogP contribution >= 0.6 is 0 Å². The fourth-order valence-electron chi connectivity index (χ4n) is 0.790. The van der Waals surface area contributed by atoms with Gasteiger partial charge in [0.15, 0.2) is 11.4 Å². The lowest BCUT2D eigenvalue weighted by Gasteiger charge is -2.01. The highest BCUT2D eigenvalue weighted by Crippen LogP contribution is 2.19. The van der Waals surface area contributed by atoms with E-state index in [-0.39, 0.29) is 11.3 Å². The van der Waals surface area contributed by atoms with Crippen LogP contribution in [0.25, 0.3) is 0 Å². The number of esters is 1. The third kappa shape index (κ3) is 1.56. The topological polar surface area (TPSA) is 83.2 Å². The third-order valence-corrected chi connectivity index (χ3v) is 1.42. The molecule has 13 heavy (non-hydrogen) atoms. The minimum atomic E-state index is -0.769. The summed E-state index contributed by atoms with van der Waals surface area (Å²) in [5, 5.41) is 17.8. The van der Waals surface area contributed by atoms with Crippen LogP contribution in [-0.2, 0) is 4.74 Å². The van der Waals surface area contributed by atoms with E-state index in [1.54, 1.807) is 6.07 Å². The van der Waals surface area contributed by atoms with Crippen LogP contribution in [0, 0.1) is 11.3 Å². The van der Waals surface area contributed by atoms with Gasteiger partial charge in [0, 0.05) is 6.20 Å². The van der Waals surface area contributed by atoms with Gasteiger partial charge in [0.05, 0.1) is 12.7 Å². The van der Waals surface area contributed by atoms with Crippen molar-refractivity contribution in [2.75, 3.05) is 7.11 Å². The lowest BCUT2D eigenvalue weighted by atomic mass is 10.2. The number of methoxy groups -OCH3 is 1. The van der Waals surface area contributed by atoms with Crippen LogP contribution in [-0.4, -0.2) is 23.2 Å². The van der Waals surface area contributed by atoms with Gasteiger partial charge >= 0.3 is 5.97 Å². The van der Waals surface area contributed by atoms with Gasteiger partial charge in [-0.25, -0.2) is 9.78 Å². The summed E-state index contributed by atoms with van der Waals surface area (Å²) < 4.78 is 4.35. The van der Waals surface area contributed by atoms with Crippen molar-refractivity contribution >= 4 is 5.97 Å². The van der Waals surface area contributed by atoms with Crippen molar-refractivity contribution in [2.45, 2.75) is 0 Å². The maximum atomic E-state index is 10.9. The number of rotatable bonds is 1. The summed E-state index contributed by atoms with van der Waals surface area (Å²) in [7, 11) is 1.17. The number of ether oxygens (including phenoxy) is 1. The zero-order chi connectivity index (χ0) is 9.84. The molecule has 5 nitrogen and oxygen atoms in total. The molecule has 0 aliphatic carbocycles. The fourth-order valence-corrected chi connectivity index (χ4v) is 0.790. The van der Waals surface area contributed by atoms with Crippen LogP contribution in [0.4, 0.5) is 0 Å². The highest BCUT2D eigenvalue weighted by atomic mass is 16.5. The summed E-state index contributed by atoms with van der Waals surface area (Å²) in [5.74, 6) is -1.22. The summed E-state index contributed by atoms with van der Waals surface area (Å²) in [6.45, 7) is 0. The predicted octanol–water partition coefficient (Wildman–Crippen LogP) is 0.445. The zero-order valence-corrected chi connectivity index (χ0v) is 6.81. The van der Waals surface area contributed by atoms with E-state index in [4.69, 9.17) is 5.26 Å². The van der Waals surface area contributed by atoms with Crippen LogP contribution in [0.2, 0.25) is 0 Å². The molecule has 1 aromatic heterocycles. The number of nitriles is 1. The smallest absolute Gasteiger partial charge is 0.360 e. The van der Waals surface area contributed by atoms with Crippen LogP contribution in [0.1, 0.15) is 16.1 Å². The van der Waals surface area contributed by atoms with Crippen LogP contribution in [0.15, 0.2) is 12.3 Å². The molecule has 0 fully saturated rings. The quantitative estimate of drug-likeness (QED) is 0.631. The Kier molecular flexibility index (Phi) is 2.45. The molecular weight excluding hydrogens is 172 g/mol. The molecule has 5 heteroatoms. The van der Waals surface area contributed by atoms with Crippen molar-refractivity contribution < 1.29 is 14.6 Å². The summed E-state index contributed by atoms with van der Waals surface area (Å²) in [6, 6.07) is 3.02. The maximum absolute atomic E-state index is 10.9. The number of hydrogen-bond donors (Lipinski definition) is 1. The van der Waals surface area contributed by atoms with Gasteiger partial charge in [-0.3, -0.25) is 0 Å². The Morgan fingerprint density at radius 2 is 2.46 bits per heavy atom. The summed E-state index contributed by atoms with van der Waals surface area (Å²) in [5.41, 5.74) is -0.253. The standard InChI is InChI=1S/C8H6N2O3/c1-13-8(12)6-7(11)5(4-9)2-3-10-6/h2-3,11H,1H3. The van der Waals surface area contributed by atoms with E-state index in [0.717, 1.165) is 0 Å². The van der Waals surface area contributed by atoms with Gasteiger partial charge in [0.1, 0.15) is 6.07 Å². The molecule has 0 atom stereocenters. The van der Waals surface area contributed by atoms with Crippen LogP contribution in [0.5, 0.6) is 5.75 Å². The van der Waals surface area contributed by atoms with Crippen molar-refractivity contribution in [3.05, 3.63) is 23.5 Å². The number of hydrogen-bond acceptors (Lipinski definition) is 5. The second-order valence-electron chi connectivity index (χ2n) is 2.16. The van der Waals surface area contributed by atoms with Gasteiger partial charge in [-0.2, -0.15) is 5.26 Å². The molecular formula is C8H6N2O3. The SMILES string of the molecule is COC(=O)c1nccc(C#N)c1O. The van der Waals surface area contributed by atoms with Gasteiger partial charge < -0.3 is 9.84 Å². The first-order valence-corrected chi connectivity index (χ1v) is 3.37. The lowest BCUT2D eigenvalue weighted by molar-refractivity contribution is 0.0590. The Hall–Kier alpha value is -2.09. The maximum Gasteiger partial charge on any atom is 0.360 e. The molecule has 0 bridgehead atoms. The molecule has 1 heterocycles. The molecule has 1 N–H and O–H groups in total. The largest absolute Gasteiger partial charge is 0.504 e. The highest BCUT2D eigenvalue weighted by Gasteiger charge is 2.15. The first-order chi connectivity index (χ1) is 6.20. The minimum Gasteiger partial charge on any atom is -0.504 e. The highest BCUT2D eigenvalue weighted by molar-refractivity contribution is 5.90. The molecule has 0 spiro atoms. The Morgan fingerprint density at radius 1 is 1.77 bits per heavy atom. The summed E-state index contributed by atoms with van der Waals surface area (Å²) >= 11 is 0. The van der Waals surface area contributed by atoms with E-state index < -0.39 is 11.7 Å². The third-order valence-electron chi connectivity index (χ3n) is 1.42. The molecule has 0 unspecified atom stereocenters. The molecule has 0 saturated carbocycles. The Balaban J connectivity index is 3.25. The van der Waals surface area contributed by atoms with Crippen molar-refractivity contribution in [3.8, 4) is 11.8 Å². The van der Waals surface area contributed by atoms with Gasteiger partial charge in [-0.05, 0) is 6.07 Å². The first kappa shape index (κ1) is 9.00. The number of nitrogens with zero attached hydrogens (tertiary/aromatic N) is 2. The zero-order valence-electron chi connectivity index (χ0n) is 6.81. The molecule has 0 amide bonds. The molecule has 0 saturated heterocycles. The predicted molar refractivity (Wildman–Crippen MR) is 42.0 cm³/mol. The number of carbonyl (C=O) groups is 1.